The molecule has 0 spiro atoms. The third-order valence-electron chi connectivity index (χ3n) is 5.35. The Hall–Kier alpha value is -4.02. The Morgan fingerprint density at radius 2 is 1.84 bits per heavy atom. The Kier molecular flexibility index (Phi) is 8.00. The van der Waals surface area contributed by atoms with E-state index in [0.29, 0.717) is 28.6 Å². The summed E-state index contributed by atoms with van der Waals surface area (Å²) in [6.07, 6.45) is 1.67. The van der Waals surface area contributed by atoms with Gasteiger partial charge >= 0.3 is 5.97 Å². The lowest BCUT2D eigenvalue weighted by Crippen LogP contribution is -2.32. The second-order valence-corrected chi connectivity index (χ2v) is 9.36. The lowest BCUT2D eigenvalue weighted by molar-refractivity contribution is -0.120. The fourth-order valence-electron chi connectivity index (χ4n) is 3.45. The van der Waals surface area contributed by atoms with Gasteiger partial charge in [-0.1, -0.05) is 31.0 Å². The monoisotopic (exact) mass is 538 g/mol. The molecule has 1 aromatic heterocycles. The second kappa shape index (κ2) is 11.4. The first-order valence-electron chi connectivity index (χ1n) is 11.4. The highest BCUT2D eigenvalue weighted by Gasteiger charge is 2.39. The van der Waals surface area contributed by atoms with Gasteiger partial charge in [0.15, 0.2) is 5.13 Å². The van der Waals surface area contributed by atoms with E-state index >= 15 is 0 Å². The highest BCUT2D eigenvalue weighted by Crippen LogP contribution is 2.30. The third-order valence-corrected chi connectivity index (χ3v) is 6.58. The molecule has 0 atom stereocenters. The minimum atomic E-state index is -0.708. The summed E-state index contributed by atoms with van der Waals surface area (Å²) in [5.74, 6) is -2.23. The van der Waals surface area contributed by atoms with Crippen LogP contribution in [0.15, 0.2) is 64.6 Å². The molecule has 0 unspecified atom stereocenters. The summed E-state index contributed by atoms with van der Waals surface area (Å²) in [6, 6.07) is 12.3. The van der Waals surface area contributed by atoms with Crippen molar-refractivity contribution in [3.63, 3.8) is 0 Å². The topological polar surface area (TPSA) is 118 Å². The minimum absolute atomic E-state index is 0.122. The molecular formula is C26H23ClN4O5S. The van der Waals surface area contributed by atoms with Crippen LogP contribution in [0.4, 0.5) is 16.5 Å². The van der Waals surface area contributed by atoms with E-state index < -0.39 is 17.8 Å². The first-order valence-corrected chi connectivity index (χ1v) is 12.7. The number of ether oxygens (including phenoxy) is 1. The Balaban J connectivity index is 1.46. The SMILES string of the molecule is CCCCOC(=O)c1ccc(N2C(=O)C(Cl)=C(Nc3cccc(C(=O)Nc4nc(C)cs4)c3)C2=O)cc1. The maximum Gasteiger partial charge on any atom is 0.338 e. The van der Waals surface area contributed by atoms with Crippen LogP contribution < -0.4 is 15.5 Å². The number of benzene rings is 2. The van der Waals surface area contributed by atoms with Gasteiger partial charge < -0.3 is 10.1 Å². The summed E-state index contributed by atoms with van der Waals surface area (Å²) in [6.45, 7) is 4.14. The molecule has 1 aliphatic rings. The predicted molar refractivity (Wildman–Crippen MR) is 142 cm³/mol. The highest BCUT2D eigenvalue weighted by atomic mass is 35.5. The quantitative estimate of drug-likeness (QED) is 0.221. The van der Waals surface area contributed by atoms with Crippen LogP contribution in [-0.2, 0) is 14.3 Å². The highest BCUT2D eigenvalue weighted by molar-refractivity contribution is 7.13. The van der Waals surface area contributed by atoms with Crippen molar-refractivity contribution >= 4 is 63.1 Å². The number of aromatic nitrogens is 1. The number of anilines is 3. The van der Waals surface area contributed by atoms with Crippen molar-refractivity contribution in [3.8, 4) is 0 Å². The molecule has 3 aromatic rings. The van der Waals surface area contributed by atoms with Crippen molar-refractivity contribution in [3.05, 3.63) is 81.5 Å². The average Bonchev–Trinajstić information content (AvgIpc) is 3.39. The molecule has 9 nitrogen and oxygen atoms in total. The Morgan fingerprint density at radius 1 is 1.08 bits per heavy atom. The van der Waals surface area contributed by atoms with E-state index in [1.807, 2.05) is 19.2 Å². The van der Waals surface area contributed by atoms with Gasteiger partial charge in [-0.2, -0.15) is 0 Å². The molecule has 2 N–H and O–H groups in total. The normalized spacial score (nSPS) is 13.2. The maximum atomic E-state index is 13.1. The molecule has 0 radical (unpaired) electrons. The number of nitrogens with zero attached hydrogens (tertiary/aromatic N) is 2. The lowest BCUT2D eigenvalue weighted by atomic mass is 10.2. The van der Waals surface area contributed by atoms with Crippen LogP contribution in [0.2, 0.25) is 0 Å². The lowest BCUT2D eigenvalue weighted by Gasteiger charge is -2.15. The fraction of sp³-hybridized carbons (Fsp3) is 0.192. The summed E-state index contributed by atoms with van der Waals surface area (Å²) in [5, 5.41) is 7.58. The number of esters is 1. The van der Waals surface area contributed by atoms with Gasteiger partial charge in [-0.15, -0.1) is 11.3 Å². The van der Waals surface area contributed by atoms with Gasteiger partial charge in [0.2, 0.25) is 0 Å². The number of imide groups is 1. The smallest absolute Gasteiger partial charge is 0.338 e. The van der Waals surface area contributed by atoms with E-state index in [4.69, 9.17) is 16.3 Å². The molecule has 0 saturated heterocycles. The molecule has 11 heteroatoms. The second-order valence-electron chi connectivity index (χ2n) is 8.13. The summed E-state index contributed by atoms with van der Waals surface area (Å²) in [5.41, 5.74) is 1.95. The van der Waals surface area contributed by atoms with Gasteiger partial charge in [-0.3, -0.25) is 19.7 Å². The molecule has 3 amide bonds. The molecule has 0 bridgehead atoms. The Bertz CT molecular complexity index is 1400. The number of thiazole rings is 1. The first-order chi connectivity index (χ1) is 17.8. The maximum absolute atomic E-state index is 13.1. The largest absolute Gasteiger partial charge is 0.462 e. The van der Waals surface area contributed by atoms with Crippen molar-refractivity contribution in [1.29, 1.82) is 0 Å². The molecular weight excluding hydrogens is 516 g/mol. The van der Waals surface area contributed by atoms with Crippen LogP contribution in [0.25, 0.3) is 0 Å². The first kappa shape index (κ1) is 26.1. The number of aryl methyl sites for hydroxylation is 1. The van der Waals surface area contributed by atoms with E-state index in [0.717, 1.165) is 23.4 Å². The van der Waals surface area contributed by atoms with Crippen LogP contribution >= 0.6 is 22.9 Å². The molecule has 1 aliphatic heterocycles. The zero-order valence-corrected chi connectivity index (χ0v) is 21.6. The average molecular weight is 539 g/mol. The summed E-state index contributed by atoms with van der Waals surface area (Å²) in [7, 11) is 0. The van der Waals surface area contributed by atoms with Gasteiger partial charge in [0, 0.05) is 16.6 Å². The number of carbonyl (C=O) groups is 4. The summed E-state index contributed by atoms with van der Waals surface area (Å²) >= 11 is 7.54. The molecule has 2 aromatic carbocycles. The third kappa shape index (κ3) is 5.87. The number of rotatable bonds is 9. The predicted octanol–water partition coefficient (Wildman–Crippen LogP) is 5.10. The molecule has 0 aliphatic carbocycles. The zero-order chi connectivity index (χ0) is 26.5. The van der Waals surface area contributed by atoms with Crippen molar-refractivity contribution in [1.82, 2.24) is 4.98 Å². The van der Waals surface area contributed by atoms with Gasteiger partial charge in [0.25, 0.3) is 17.7 Å². The standard InChI is InChI=1S/C26H23ClN4O5S/c1-3-4-12-36-25(35)16-8-10-19(11-9-16)31-23(33)20(27)21(24(31)34)29-18-7-5-6-17(13-18)22(32)30-26-28-15(2)14-37-26/h5-11,13-14,29H,3-4,12H2,1-2H3,(H,28,30,32). The molecule has 4 rings (SSSR count). The molecule has 2 heterocycles. The van der Waals surface area contributed by atoms with Crippen LogP contribution in [-0.4, -0.2) is 35.3 Å². The van der Waals surface area contributed by atoms with Crippen LogP contribution in [0.5, 0.6) is 0 Å². The summed E-state index contributed by atoms with van der Waals surface area (Å²) < 4.78 is 5.18. The number of unbranched alkanes of at least 4 members (excludes halogenated alkanes) is 1. The minimum Gasteiger partial charge on any atom is -0.462 e. The van der Waals surface area contributed by atoms with Gasteiger partial charge in [-0.25, -0.2) is 14.7 Å². The summed E-state index contributed by atoms with van der Waals surface area (Å²) in [4.78, 5) is 55.8. The molecule has 0 fully saturated rings. The van der Waals surface area contributed by atoms with Crippen LogP contribution in [0.1, 0.15) is 46.2 Å². The van der Waals surface area contributed by atoms with Gasteiger partial charge in [0.1, 0.15) is 10.7 Å². The van der Waals surface area contributed by atoms with Crippen molar-refractivity contribution in [2.75, 3.05) is 22.1 Å². The van der Waals surface area contributed by atoms with Gasteiger partial charge in [-0.05, 0) is 55.8 Å². The number of nitrogens with one attached hydrogen (secondary N) is 2. The number of halogens is 1. The Labute approximate surface area is 222 Å². The van der Waals surface area contributed by atoms with Gasteiger partial charge in [0.05, 0.1) is 23.6 Å². The van der Waals surface area contributed by atoms with Crippen LogP contribution in [0, 0.1) is 6.92 Å². The van der Waals surface area contributed by atoms with Crippen molar-refractivity contribution in [2.24, 2.45) is 0 Å². The van der Waals surface area contributed by atoms with E-state index in [-0.39, 0.29) is 22.3 Å². The number of hydrogen-bond acceptors (Lipinski definition) is 8. The fourth-order valence-corrected chi connectivity index (χ4v) is 4.34. The molecule has 37 heavy (non-hydrogen) atoms. The molecule has 0 saturated carbocycles. The van der Waals surface area contributed by atoms with E-state index in [1.54, 1.807) is 18.2 Å². The van der Waals surface area contributed by atoms with Crippen LogP contribution in [0.3, 0.4) is 0 Å². The van der Waals surface area contributed by atoms with Crippen molar-refractivity contribution < 1.29 is 23.9 Å². The molecule has 190 valence electrons. The number of amides is 3. The van der Waals surface area contributed by atoms with Crippen molar-refractivity contribution in [2.45, 2.75) is 26.7 Å². The zero-order valence-electron chi connectivity index (χ0n) is 20.0. The van der Waals surface area contributed by atoms with E-state index in [9.17, 15) is 19.2 Å². The number of carbonyl (C=O) groups excluding carboxylic acids is 4. The Morgan fingerprint density at radius 3 is 2.51 bits per heavy atom. The van der Waals surface area contributed by atoms with E-state index in [1.165, 1.54) is 41.7 Å². The van der Waals surface area contributed by atoms with E-state index in [2.05, 4.69) is 15.6 Å². The number of hydrogen-bond donors (Lipinski definition) is 2.